The standard InChI is InChI=1S/C13H18FNO2/c1-9(2)12(15-13(16)17-3)8-10-4-6-11(14)7-5-10/h4-7,9,12H,8H2,1-3H3,(H,15,16). The Morgan fingerprint density at radius 2 is 1.94 bits per heavy atom. The average molecular weight is 239 g/mol. The van der Waals surface area contributed by atoms with Gasteiger partial charge in [-0.1, -0.05) is 26.0 Å². The van der Waals surface area contributed by atoms with E-state index < -0.39 is 6.09 Å². The number of carbonyl (C=O) groups is 1. The zero-order valence-electron chi connectivity index (χ0n) is 10.4. The largest absolute Gasteiger partial charge is 0.453 e. The zero-order chi connectivity index (χ0) is 12.8. The van der Waals surface area contributed by atoms with E-state index in [9.17, 15) is 9.18 Å². The van der Waals surface area contributed by atoms with E-state index in [1.807, 2.05) is 13.8 Å². The fourth-order valence-corrected chi connectivity index (χ4v) is 1.54. The van der Waals surface area contributed by atoms with Gasteiger partial charge in [0.05, 0.1) is 7.11 Å². The van der Waals surface area contributed by atoms with Gasteiger partial charge in [-0.05, 0) is 30.0 Å². The summed E-state index contributed by atoms with van der Waals surface area (Å²) in [6.07, 6.45) is 0.221. The van der Waals surface area contributed by atoms with Crippen LogP contribution < -0.4 is 5.32 Å². The maximum absolute atomic E-state index is 12.8. The van der Waals surface area contributed by atoms with Crippen molar-refractivity contribution in [3.05, 3.63) is 35.6 Å². The van der Waals surface area contributed by atoms with E-state index in [2.05, 4.69) is 10.1 Å². The minimum Gasteiger partial charge on any atom is -0.453 e. The number of alkyl carbamates (subject to hydrolysis) is 1. The van der Waals surface area contributed by atoms with Crippen molar-refractivity contribution in [1.29, 1.82) is 0 Å². The van der Waals surface area contributed by atoms with Gasteiger partial charge in [-0.15, -0.1) is 0 Å². The van der Waals surface area contributed by atoms with Crippen molar-refractivity contribution >= 4 is 6.09 Å². The van der Waals surface area contributed by atoms with E-state index in [4.69, 9.17) is 0 Å². The lowest BCUT2D eigenvalue weighted by molar-refractivity contribution is 0.163. The van der Waals surface area contributed by atoms with Crippen LogP contribution in [0.2, 0.25) is 0 Å². The van der Waals surface area contributed by atoms with Gasteiger partial charge < -0.3 is 10.1 Å². The Morgan fingerprint density at radius 3 is 2.41 bits per heavy atom. The minimum absolute atomic E-state index is 0.0205. The van der Waals surface area contributed by atoms with Crippen molar-refractivity contribution in [3.8, 4) is 0 Å². The molecule has 1 N–H and O–H groups in total. The van der Waals surface area contributed by atoms with Crippen LogP contribution in [0.5, 0.6) is 0 Å². The number of hydrogen-bond donors (Lipinski definition) is 1. The summed E-state index contributed by atoms with van der Waals surface area (Å²) in [6.45, 7) is 4.04. The number of halogens is 1. The lowest BCUT2D eigenvalue weighted by atomic mass is 9.96. The molecule has 1 atom stereocenters. The Labute approximate surface area is 101 Å². The maximum Gasteiger partial charge on any atom is 0.407 e. The predicted molar refractivity (Wildman–Crippen MR) is 64.3 cm³/mol. The summed E-state index contributed by atoms with van der Waals surface area (Å²) in [6, 6.07) is 6.27. The zero-order valence-corrected chi connectivity index (χ0v) is 10.4. The van der Waals surface area contributed by atoms with Crippen LogP contribution in [0.25, 0.3) is 0 Å². The highest BCUT2D eigenvalue weighted by atomic mass is 19.1. The van der Waals surface area contributed by atoms with Gasteiger partial charge in [-0.3, -0.25) is 0 Å². The molecule has 0 radical (unpaired) electrons. The summed E-state index contributed by atoms with van der Waals surface area (Å²) in [4.78, 5) is 11.2. The Hall–Kier alpha value is -1.58. The van der Waals surface area contributed by atoms with Gasteiger partial charge in [-0.25, -0.2) is 9.18 Å². The molecule has 1 unspecified atom stereocenters. The molecule has 0 aromatic heterocycles. The Balaban J connectivity index is 2.66. The first kappa shape index (κ1) is 13.5. The quantitative estimate of drug-likeness (QED) is 0.877. The second-order valence-electron chi connectivity index (χ2n) is 4.32. The third-order valence-corrected chi connectivity index (χ3v) is 2.66. The lowest BCUT2D eigenvalue weighted by Crippen LogP contribution is -2.40. The molecule has 0 saturated heterocycles. The molecule has 0 fully saturated rings. The van der Waals surface area contributed by atoms with Crippen LogP contribution in [-0.2, 0) is 11.2 Å². The molecule has 1 aromatic carbocycles. The average Bonchev–Trinajstić information content (AvgIpc) is 2.30. The second kappa shape index (κ2) is 6.23. The summed E-state index contributed by atoms with van der Waals surface area (Å²) < 4.78 is 17.3. The van der Waals surface area contributed by atoms with E-state index in [0.29, 0.717) is 6.42 Å². The molecular weight excluding hydrogens is 221 g/mol. The number of amides is 1. The van der Waals surface area contributed by atoms with E-state index >= 15 is 0 Å². The van der Waals surface area contributed by atoms with Crippen LogP contribution in [0.15, 0.2) is 24.3 Å². The van der Waals surface area contributed by atoms with Gasteiger partial charge >= 0.3 is 6.09 Å². The van der Waals surface area contributed by atoms with Crippen molar-refractivity contribution in [1.82, 2.24) is 5.32 Å². The van der Waals surface area contributed by atoms with Crippen molar-refractivity contribution in [2.45, 2.75) is 26.3 Å². The molecule has 0 heterocycles. The smallest absolute Gasteiger partial charge is 0.407 e. The first-order chi connectivity index (χ1) is 8.02. The molecule has 0 aliphatic heterocycles. The molecule has 3 nitrogen and oxygen atoms in total. The summed E-state index contributed by atoms with van der Waals surface area (Å²) in [7, 11) is 1.34. The highest BCUT2D eigenvalue weighted by Crippen LogP contribution is 2.11. The monoisotopic (exact) mass is 239 g/mol. The first-order valence-electron chi connectivity index (χ1n) is 5.62. The molecule has 0 aliphatic carbocycles. The van der Waals surface area contributed by atoms with E-state index in [1.54, 1.807) is 12.1 Å². The van der Waals surface area contributed by atoms with Gasteiger partial charge in [0.2, 0.25) is 0 Å². The highest BCUT2D eigenvalue weighted by molar-refractivity contribution is 5.67. The fraction of sp³-hybridized carbons (Fsp3) is 0.462. The van der Waals surface area contributed by atoms with Gasteiger partial charge in [0.25, 0.3) is 0 Å². The number of hydrogen-bond acceptors (Lipinski definition) is 2. The van der Waals surface area contributed by atoms with Crippen molar-refractivity contribution in [2.75, 3.05) is 7.11 Å². The van der Waals surface area contributed by atoms with Crippen LogP contribution in [0.4, 0.5) is 9.18 Å². The maximum atomic E-state index is 12.8. The van der Waals surface area contributed by atoms with Crippen LogP contribution in [-0.4, -0.2) is 19.2 Å². The Kier molecular flexibility index (Phi) is 4.94. The topological polar surface area (TPSA) is 38.3 Å². The summed E-state index contributed by atoms with van der Waals surface area (Å²) >= 11 is 0. The number of nitrogens with one attached hydrogen (secondary N) is 1. The molecule has 1 aromatic rings. The molecule has 17 heavy (non-hydrogen) atoms. The number of ether oxygens (including phenoxy) is 1. The Bertz CT molecular complexity index is 362. The number of methoxy groups -OCH3 is 1. The van der Waals surface area contributed by atoms with Gasteiger partial charge in [0.15, 0.2) is 0 Å². The third kappa shape index (κ3) is 4.43. The lowest BCUT2D eigenvalue weighted by Gasteiger charge is -2.21. The van der Waals surface area contributed by atoms with Crippen LogP contribution in [0, 0.1) is 11.7 Å². The van der Waals surface area contributed by atoms with E-state index in [0.717, 1.165) is 5.56 Å². The number of carbonyl (C=O) groups excluding carboxylic acids is 1. The fourth-order valence-electron chi connectivity index (χ4n) is 1.54. The van der Waals surface area contributed by atoms with Crippen molar-refractivity contribution in [2.24, 2.45) is 5.92 Å². The summed E-state index contributed by atoms with van der Waals surface area (Å²) in [5.74, 6) is 0.0231. The minimum atomic E-state index is -0.439. The highest BCUT2D eigenvalue weighted by Gasteiger charge is 2.16. The molecule has 0 aliphatic rings. The van der Waals surface area contributed by atoms with Crippen LogP contribution in [0.1, 0.15) is 19.4 Å². The van der Waals surface area contributed by atoms with Crippen LogP contribution >= 0.6 is 0 Å². The molecule has 1 rings (SSSR count). The molecule has 0 spiro atoms. The molecular formula is C13H18FNO2. The number of benzene rings is 1. The third-order valence-electron chi connectivity index (χ3n) is 2.66. The molecule has 0 saturated carbocycles. The van der Waals surface area contributed by atoms with Crippen LogP contribution in [0.3, 0.4) is 0 Å². The molecule has 1 amide bonds. The number of rotatable bonds is 4. The van der Waals surface area contributed by atoms with Gasteiger partial charge in [0.1, 0.15) is 5.82 Å². The molecule has 4 heteroatoms. The molecule has 94 valence electrons. The van der Waals surface area contributed by atoms with E-state index in [1.165, 1.54) is 19.2 Å². The van der Waals surface area contributed by atoms with Crippen molar-refractivity contribution in [3.63, 3.8) is 0 Å². The Morgan fingerprint density at radius 1 is 1.35 bits per heavy atom. The molecule has 0 bridgehead atoms. The van der Waals surface area contributed by atoms with Gasteiger partial charge in [0, 0.05) is 6.04 Å². The predicted octanol–water partition coefficient (Wildman–Crippen LogP) is 2.75. The van der Waals surface area contributed by atoms with Gasteiger partial charge in [-0.2, -0.15) is 0 Å². The van der Waals surface area contributed by atoms with E-state index in [-0.39, 0.29) is 17.8 Å². The normalized spacial score (nSPS) is 12.3. The van der Waals surface area contributed by atoms with Crippen molar-refractivity contribution < 1.29 is 13.9 Å². The summed E-state index contributed by atoms with van der Waals surface area (Å²) in [5.41, 5.74) is 0.988. The summed E-state index contributed by atoms with van der Waals surface area (Å²) in [5, 5.41) is 2.77. The first-order valence-corrected chi connectivity index (χ1v) is 5.62. The SMILES string of the molecule is COC(=O)NC(Cc1ccc(F)cc1)C(C)C. The second-order valence-corrected chi connectivity index (χ2v) is 4.32.